The first-order valence-corrected chi connectivity index (χ1v) is 4.45. The molecule has 4 radical (unpaired) electrons. The van der Waals surface area contributed by atoms with Crippen LogP contribution in [-0.2, 0) is 27.3 Å². The van der Waals surface area contributed by atoms with Crippen molar-refractivity contribution in [3.8, 4) is 0 Å². The van der Waals surface area contributed by atoms with E-state index in [1.54, 1.807) is 0 Å². The summed E-state index contributed by atoms with van der Waals surface area (Å²) in [4.78, 5) is 25.6. The Morgan fingerprint density at radius 1 is 1.00 bits per heavy atom. The van der Waals surface area contributed by atoms with Crippen molar-refractivity contribution in [2.75, 3.05) is 0 Å². The molecule has 0 saturated carbocycles. The van der Waals surface area contributed by atoms with Crippen LogP contribution in [0.4, 0.5) is 0 Å². The molecule has 11 heteroatoms. The number of hydrogen-bond donors (Lipinski definition) is 0. The van der Waals surface area contributed by atoms with E-state index in [9.17, 15) is 0 Å². The molecule has 0 atom stereocenters. The smallest absolute Gasteiger partial charge is 2.00 e. The van der Waals surface area contributed by atoms with Gasteiger partial charge in [0.15, 0.2) is 0 Å². The summed E-state index contributed by atoms with van der Waals surface area (Å²) in [5, 5.41) is 0. The summed E-state index contributed by atoms with van der Waals surface area (Å²) >= 11 is -3.94. The van der Waals surface area contributed by atoms with Gasteiger partial charge in [0.05, 0.1) is 0 Å². The molecule has 0 aromatic rings. The van der Waals surface area contributed by atoms with Gasteiger partial charge in [-0.25, -0.2) is 0 Å². The first kappa shape index (κ1) is 23.2. The number of hydrogen-bond acceptors (Lipinski definition) is 7. The molecule has 0 aliphatic heterocycles. The third-order valence-corrected chi connectivity index (χ3v) is 0. The summed E-state index contributed by atoms with van der Waals surface area (Å²) in [7, 11) is -5.39. The average molecular weight is 608 g/mol. The van der Waals surface area contributed by atoms with Gasteiger partial charge >= 0.3 is 81.4 Å². The maximum atomic E-state index is 8.56. The maximum Gasteiger partial charge on any atom is 2.00 e. The van der Waals surface area contributed by atoms with Crippen molar-refractivity contribution in [1.29, 1.82) is 0 Å². The molecular weight excluding hydrogens is 608 g/mol. The van der Waals surface area contributed by atoms with E-state index in [0.29, 0.717) is 0 Å². The molecular formula is O7PPb2V. The molecule has 0 aromatic carbocycles. The van der Waals surface area contributed by atoms with E-state index in [-0.39, 0.29) is 54.6 Å². The first-order chi connectivity index (χ1) is 3.73. The van der Waals surface area contributed by atoms with Crippen LogP contribution in [0.5, 0.6) is 0 Å². The fourth-order valence-corrected chi connectivity index (χ4v) is 0. The quantitative estimate of drug-likeness (QED) is 0.198. The largest absolute Gasteiger partial charge is 2.00 e. The second-order valence-corrected chi connectivity index (χ2v) is 2.26. The van der Waals surface area contributed by atoms with Crippen LogP contribution in [0.15, 0.2) is 0 Å². The fraction of sp³-hybridized carbons (Fsp3) is 0. The van der Waals surface area contributed by atoms with Gasteiger partial charge in [-0.3, -0.25) is 0 Å². The van der Waals surface area contributed by atoms with Gasteiger partial charge in [-0.05, 0) is 0 Å². The Bertz CT molecular complexity index is 151. The maximum absolute atomic E-state index is 8.56. The molecule has 0 bridgehead atoms. The van der Waals surface area contributed by atoms with Crippen LogP contribution in [0.3, 0.4) is 0 Å². The molecule has 0 unspecified atom stereocenters. The Morgan fingerprint density at radius 3 is 1.00 bits per heavy atom. The summed E-state index contributed by atoms with van der Waals surface area (Å²) in [6, 6.07) is 0. The molecule has 60 valence electrons. The van der Waals surface area contributed by atoms with E-state index in [2.05, 4.69) is 0 Å². The van der Waals surface area contributed by atoms with Gasteiger partial charge in [0, 0.05) is 0 Å². The predicted molar refractivity (Wildman–Crippen MR) is 20.5 cm³/mol. The standard InChI is InChI=1S/H3O4P.3O.2Pb.V/c1-5(2,3)4;;;;;;/h(H3,1,2,3,4);;;;;;/q;;;-1;2*+2;/p-3. The SMILES string of the molecule is O=P([O-])([O-])[O-].[O]=[V](=[O])[O-].[Pb+2].[Pb+2]. The minimum absolute atomic E-state index is 0. The Kier molecular flexibility index (Phi) is 25.5. The second-order valence-electron chi connectivity index (χ2n) is 0.671. The van der Waals surface area contributed by atoms with E-state index in [1.807, 2.05) is 0 Å². The average Bonchev–Trinajstić information content (AvgIpc) is 1.19. The van der Waals surface area contributed by atoms with Gasteiger partial charge in [-0.1, -0.05) is 0 Å². The zero-order valence-electron chi connectivity index (χ0n) is 4.75. The van der Waals surface area contributed by atoms with Gasteiger partial charge in [0.2, 0.25) is 0 Å². The van der Waals surface area contributed by atoms with Gasteiger partial charge in [-0.2, -0.15) is 7.82 Å². The van der Waals surface area contributed by atoms with E-state index in [4.69, 9.17) is 30.6 Å². The molecule has 0 aliphatic carbocycles. The van der Waals surface area contributed by atoms with Crippen molar-refractivity contribution < 1.29 is 46.0 Å². The van der Waals surface area contributed by atoms with Gasteiger partial charge in [0.25, 0.3) is 0 Å². The Balaban J connectivity index is -0.0000000383. The van der Waals surface area contributed by atoms with Gasteiger partial charge in [0.1, 0.15) is 0 Å². The molecule has 0 rings (SSSR count). The van der Waals surface area contributed by atoms with Crippen LogP contribution in [0.2, 0.25) is 0 Å². The van der Waals surface area contributed by atoms with Crippen molar-refractivity contribution in [3.05, 3.63) is 0 Å². The minimum atomic E-state index is -5.39. The van der Waals surface area contributed by atoms with Crippen molar-refractivity contribution in [1.82, 2.24) is 0 Å². The molecule has 0 N–H and O–H groups in total. The molecule has 7 nitrogen and oxygen atoms in total. The summed E-state index contributed by atoms with van der Waals surface area (Å²) < 4.78 is 34.2. The topological polar surface area (TPSA) is 143 Å². The number of rotatable bonds is 0. The van der Waals surface area contributed by atoms with E-state index >= 15 is 0 Å². The molecule has 0 heterocycles. The van der Waals surface area contributed by atoms with Crippen LogP contribution in [0.25, 0.3) is 0 Å². The Morgan fingerprint density at radius 2 is 1.00 bits per heavy atom. The Hall–Kier alpha value is 2.10. The van der Waals surface area contributed by atoms with Crippen LogP contribution >= 0.6 is 7.82 Å². The first-order valence-electron chi connectivity index (χ1n) is 1.28. The van der Waals surface area contributed by atoms with Crippen molar-refractivity contribution >= 4 is 62.4 Å². The predicted octanol–water partition coefficient (Wildman–Crippen LogP) is -5.02. The van der Waals surface area contributed by atoms with Crippen LogP contribution in [-0.4, -0.2) is 54.6 Å². The monoisotopic (exact) mass is 610 g/mol. The second kappa shape index (κ2) is 12.1. The molecule has 11 heavy (non-hydrogen) atoms. The Labute approximate surface area is 107 Å². The molecule has 0 aromatic heterocycles. The number of phosphoric acid groups is 1. The zero-order chi connectivity index (χ0) is 8.08. The third-order valence-electron chi connectivity index (χ3n) is 0. The molecule has 0 amide bonds. The van der Waals surface area contributed by atoms with Crippen LogP contribution in [0, 0.1) is 0 Å². The summed E-state index contributed by atoms with van der Waals surface area (Å²) in [6.07, 6.45) is 0. The van der Waals surface area contributed by atoms with E-state index in [1.165, 1.54) is 0 Å². The summed E-state index contributed by atoms with van der Waals surface area (Å²) in [5.41, 5.74) is 0. The van der Waals surface area contributed by atoms with E-state index in [0.717, 1.165) is 0 Å². The van der Waals surface area contributed by atoms with Crippen molar-refractivity contribution in [2.24, 2.45) is 0 Å². The zero-order valence-corrected chi connectivity index (χ0v) is 14.8. The van der Waals surface area contributed by atoms with Crippen molar-refractivity contribution in [2.45, 2.75) is 0 Å². The molecule has 0 fully saturated rings. The molecule has 0 saturated heterocycles. The fourth-order valence-electron chi connectivity index (χ4n) is 0. The van der Waals surface area contributed by atoms with Crippen LogP contribution in [0.1, 0.15) is 0 Å². The molecule has 0 spiro atoms. The summed E-state index contributed by atoms with van der Waals surface area (Å²) in [6.45, 7) is 0. The van der Waals surface area contributed by atoms with Gasteiger partial charge in [-0.15, -0.1) is 0 Å². The van der Waals surface area contributed by atoms with Crippen LogP contribution < -0.4 is 18.7 Å². The molecule has 0 aliphatic rings. The summed E-state index contributed by atoms with van der Waals surface area (Å²) in [5.74, 6) is 0. The minimum Gasteiger partial charge on any atom is 2.00 e. The van der Waals surface area contributed by atoms with E-state index < -0.39 is 23.2 Å². The van der Waals surface area contributed by atoms with Crippen molar-refractivity contribution in [3.63, 3.8) is 0 Å². The normalized spacial score (nSPS) is 7.64. The third kappa shape index (κ3) is 280. The van der Waals surface area contributed by atoms with Gasteiger partial charge < -0.3 is 19.2 Å².